The molecule has 1 rings (SSSR count). The number of ether oxygens (including phenoxy) is 1. The number of rotatable bonds is 5. The Morgan fingerprint density at radius 2 is 2.12 bits per heavy atom. The highest BCUT2D eigenvalue weighted by atomic mass is 19.2. The van der Waals surface area contributed by atoms with Crippen molar-refractivity contribution in [3.8, 4) is 11.8 Å². The molecule has 0 radical (unpaired) electrons. The molecule has 0 bridgehead atoms. The molecule has 0 fully saturated rings. The van der Waals surface area contributed by atoms with Crippen molar-refractivity contribution < 1.29 is 18.3 Å². The predicted molar refractivity (Wildman–Crippen MR) is 51.7 cm³/mol. The molecule has 1 aromatic rings. The summed E-state index contributed by atoms with van der Waals surface area (Å²) < 4.78 is 30.3. The molecular formula is C11H9F2NO2. The predicted octanol–water partition coefficient (Wildman–Crippen LogP) is 2.22. The van der Waals surface area contributed by atoms with Crippen LogP contribution in [-0.4, -0.2) is 12.4 Å². The fraction of sp³-hybridized carbons (Fsp3) is 0.273. The zero-order valence-corrected chi connectivity index (χ0v) is 8.37. The van der Waals surface area contributed by atoms with Gasteiger partial charge < -0.3 is 4.74 Å². The van der Waals surface area contributed by atoms with E-state index in [9.17, 15) is 13.6 Å². The average Bonchev–Trinajstić information content (AvgIpc) is 2.24. The number of carbonyl (C=O) groups is 1. The fourth-order valence-corrected chi connectivity index (χ4v) is 1.03. The molecular weight excluding hydrogens is 216 g/mol. The second kappa shape index (κ2) is 5.81. The van der Waals surface area contributed by atoms with E-state index in [1.165, 1.54) is 6.07 Å². The highest BCUT2D eigenvalue weighted by molar-refractivity contribution is 5.80. The molecule has 0 unspecified atom stereocenters. The third kappa shape index (κ3) is 3.65. The van der Waals surface area contributed by atoms with Crippen molar-refractivity contribution in [1.82, 2.24) is 0 Å². The van der Waals surface area contributed by atoms with Gasteiger partial charge in [-0.25, -0.2) is 8.78 Å². The topological polar surface area (TPSA) is 50.1 Å². The van der Waals surface area contributed by atoms with Crippen LogP contribution in [0.3, 0.4) is 0 Å². The minimum atomic E-state index is -0.999. The van der Waals surface area contributed by atoms with Gasteiger partial charge >= 0.3 is 0 Å². The van der Waals surface area contributed by atoms with E-state index in [1.54, 1.807) is 6.07 Å². The van der Waals surface area contributed by atoms with Gasteiger partial charge in [0.05, 0.1) is 19.1 Å². The first-order valence-corrected chi connectivity index (χ1v) is 4.60. The van der Waals surface area contributed by atoms with Crippen molar-refractivity contribution in [1.29, 1.82) is 5.26 Å². The molecule has 0 saturated heterocycles. The highest BCUT2D eigenvalue weighted by Crippen LogP contribution is 2.15. The Bertz CT molecular complexity index is 426. The lowest BCUT2D eigenvalue weighted by Gasteiger charge is -2.04. The Kier molecular flexibility index (Phi) is 4.40. The molecule has 3 nitrogen and oxygen atoms in total. The molecule has 0 aromatic heterocycles. The number of nitriles is 1. The van der Waals surface area contributed by atoms with Crippen molar-refractivity contribution in [3.63, 3.8) is 0 Å². The van der Waals surface area contributed by atoms with E-state index in [0.29, 0.717) is 0 Å². The minimum absolute atomic E-state index is 0.0472. The molecule has 0 N–H and O–H groups in total. The summed E-state index contributed by atoms with van der Waals surface area (Å²) in [6.07, 6.45) is -0.0896. The second-order valence-corrected chi connectivity index (χ2v) is 3.05. The van der Waals surface area contributed by atoms with Crippen LogP contribution in [0.2, 0.25) is 0 Å². The third-order valence-corrected chi connectivity index (χ3v) is 1.82. The van der Waals surface area contributed by atoms with Gasteiger partial charge in [0.1, 0.15) is 11.5 Å². The van der Waals surface area contributed by atoms with Gasteiger partial charge in [0.2, 0.25) is 0 Å². The van der Waals surface area contributed by atoms with E-state index in [-0.39, 0.29) is 31.0 Å². The molecule has 0 heterocycles. The second-order valence-electron chi connectivity index (χ2n) is 3.05. The molecule has 0 saturated carbocycles. The number of hydrogen-bond acceptors (Lipinski definition) is 3. The molecule has 0 aliphatic rings. The number of ketones is 1. The lowest BCUT2D eigenvalue weighted by molar-refractivity contribution is -0.118. The van der Waals surface area contributed by atoms with Gasteiger partial charge in [0.15, 0.2) is 11.6 Å². The Labute approximate surface area is 91.3 Å². The molecule has 0 amide bonds. The summed E-state index contributed by atoms with van der Waals surface area (Å²) in [6.45, 7) is 0.0472. The molecule has 16 heavy (non-hydrogen) atoms. The first-order valence-electron chi connectivity index (χ1n) is 4.60. The van der Waals surface area contributed by atoms with Gasteiger partial charge in [0.25, 0.3) is 0 Å². The standard InChI is InChI=1S/C11H9F2NO2/c12-10-2-1-9(7-11(10)13)16-6-4-8(15)3-5-14/h1-2,7H,3-4,6H2. The Balaban J connectivity index is 2.41. The minimum Gasteiger partial charge on any atom is -0.493 e. The largest absolute Gasteiger partial charge is 0.493 e. The van der Waals surface area contributed by atoms with Crippen molar-refractivity contribution in [3.05, 3.63) is 29.8 Å². The van der Waals surface area contributed by atoms with Gasteiger partial charge in [-0.15, -0.1) is 0 Å². The van der Waals surface area contributed by atoms with E-state index >= 15 is 0 Å². The Hall–Kier alpha value is -1.96. The van der Waals surface area contributed by atoms with Crippen molar-refractivity contribution >= 4 is 5.78 Å². The first-order chi connectivity index (χ1) is 7.63. The molecule has 0 atom stereocenters. The number of hydrogen-bond donors (Lipinski definition) is 0. The van der Waals surface area contributed by atoms with Gasteiger partial charge in [-0.2, -0.15) is 5.26 Å². The van der Waals surface area contributed by atoms with Crippen LogP contribution in [0.15, 0.2) is 18.2 Å². The quantitative estimate of drug-likeness (QED) is 0.771. The Morgan fingerprint density at radius 3 is 2.75 bits per heavy atom. The van der Waals surface area contributed by atoms with Crippen LogP contribution in [0.1, 0.15) is 12.8 Å². The number of nitrogens with zero attached hydrogens (tertiary/aromatic N) is 1. The molecule has 5 heteroatoms. The zero-order chi connectivity index (χ0) is 12.0. The van der Waals surface area contributed by atoms with Gasteiger partial charge in [-0.1, -0.05) is 0 Å². The van der Waals surface area contributed by atoms with Crippen molar-refractivity contribution in [2.75, 3.05) is 6.61 Å². The number of halogens is 2. The maximum absolute atomic E-state index is 12.7. The fourth-order valence-electron chi connectivity index (χ4n) is 1.03. The number of Topliss-reactive ketones (excluding diaryl/α,β-unsaturated/α-hetero) is 1. The maximum atomic E-state index is 12.7. The van der Waals surface area contributed by atoms with Gasteiger partial charge in [0, 0.05) is 12.5 Å². The van der Waals surface area contributed by atoms with E-state index in [4.69, 9.17) is 10.00 Å². The van der Waals surface area contributed by atoms with Crippen LogP contribution < -0.4 is 4.74 Å². The van der Waals surface area contributed by atoms with Crippen LogP contribution in [0.25, 0.3) is 0 Å². The van der Waals surface area contributed by atoms with E-state index in [0.717, 1.165) is 12.1 Å². The molecule has 0 aliphatic heterocycles. The highest BCUT2D eigenvalue weighted by Gasteiger charge is 2.04. The maximum Gasteiger partial charge on any atom is 0.162 e. The van der Waals surface area contributed by atoms with Gasteiger partial charge in [-0.05, 0) is 12.1 Å². The van der Waals surface area contributed by atoms with E-state index < -0.39 is 11.6 Å². The van der Waals surface area contributed by atoms with Crippen LogP contribution >= 0.6 is 0 Å². The Morgan fingerprint density at radius 1 is 1.38 bits per heavy atom. The number of carbonyl (C=O) groups excluding carboxylic acids is 1. The van der Waals surface area contributed by atoms with Gasteiger partial charge in [-0.3, -0.25) is 4.79 Å². The normalized spacial score (nSPS) is 9.56. The SMILES string of the molecule is N#CCC(=O)CCOc1ccc(F)c(F)c1. The first kappa shape index (κ1) is 12.1. The summed E-state index contributed by atoms with van der Waals surface area (Å²) in [6, 6.07) is 4.84. The summed E-state index contributed by atoms with van der Waals surface area (Å²) in [5.41, 5.74) is 0. The summed E-state index contributed by atoms with van der Waals surface area (Å²) in [7, 11) is 0. The smallest absolute Gasteiger partial charge is 0.162 e. The van der Waals surface area contributed by atoms with Crippen molar-refractivity contribution in [2.24, 2.45) is 0 Å². The zero-order valence-electron chi connectivity index (χ0n) is 8.37. The summed E-state index contributed by atoms with van der Waals surface area (Å²) in [4.78, 5) is 10.9. The van der Waals surface area contributed by atoms with E-state index in [1.807, 2.05) is 0 Å². The molecule has 1 aromatic carbocycles. The molecule has 0 spiro atoms. The lowest BCUT2D eigenvalue weighted by atomic mass is 10.2. The lowest BCUT2D eigenvalue weighted by Crippen LogP contribution is -2.05. The summed E-state index contributed by atoms with van der Waals surface area (Å²) in [5, 5.41) is 8.22. The van der Waals surface area contributed by atoms with Crippen LogP contribution in [0.5, 0.6) is 5.75 Å². The van der Waals surface area contributed by atoms with Crippen LogP contribution in [0, 0.1) is 23.0 Å². The average molecular weight is 225 g/mol. The number of benzene rings is 1. The molecule has 84 valence electrons. The van der Waals surface area contributed by atoms with Crippen molar-refractivity contribution in [2.45, 2.75) is 12.8 Å². The van der Waals surface area contributed by atoms with E-state index in [2.05, 4.69) is 0 Å². The third-order valence-electron chi connectivity index (χ3n) is 1.82. The summed E-state index contributed by atoms with van der Waals surface area (Å²) >= 11 is 0. The summed E-state index contributed by atoms with van der Waals surface area (Å²) in [5.74, 6) is -2.04. The van der Waals surface area contributed by atoms with Crippen LogP contribution in [-0.2, 0) is 4.79 Å². The molecule has 0 aliphatic carbocycles. The monoisotopic (exact) mass is 225 g/mol. The van der Waals surface area contributed by atoms with Crippen LogP contribution in [0.4, 0.5) is 8.78 Å².